The predicted octanol–water partition coefficient (Wildman–Crippen LogP) is 1.45. The lowest BCUT2D eigenvalue weighted by Crippen LogP contribution is -2.42. The number of carbonyl (C=O) groups is 1. The van der Waals surface area contributed by atoms with Gasteiger partial charge in [-0.25, -0.2) is 4.79 Å². The Labute approximate surface area is 111 Å². The summed E-state index contributed by atoms with van der Waals surface area (Å²) < 4.78 is 0. The van der Waals surface area contributed by atoms with E-state index in [9.17, 15) is 4.79 Å². The molecule has 1 saturated heterocycles. The van der Waals surface area contributed by atoms with Gasteiger partial charge >= 0.3 is 6.03 Å². The molecule has 1 aromatic rings. The van der Waals surface area contributed by atoms with E-state index in [2.05, 4.69) is 32.7 Å². The third-order valence-electron chi connectivity index (χ3n) is 3.07. The van der Waals surface area contributed by atoms with E-state index in [1.165, 1.54) is 24.2 Å². The first-order valence-corrected chi connectivity index (χ1v) is 7.06. The zero-order chi connectivity index (χ0) is 13.0. The van der Waals surface area contributed by atoms with Crippen molar-refractivity contribution in [1.82, 2.24) is 20.4 Å². The molecule has 1 aromatic heterocycles. The Morgan fingerprint density at radius 3 is 2.78 bits per heavy atom. The molecule has 1 aliphatic heterocycles. The molecule has 0 aromatic carbocycles. The number of likely N-dealkylation sites (tertiary alicyclic amines) is 1. The zero-order valence-electron chi connectivity index (χ0n) is 10.8. The first-order valence-electron chi connectivity index (χ1n) is 6.24. The molecule has 0 aliphatic carbocycles. The molecular formula is C11H19N5OS. The molecule has 1 aliphatic rings. The van der Waals surface area contributed by atoms with Crippen LogP contribution in [-0.4, -0.2) is 46.8 Å². The second-order valence-electron chi connectivity index (χ2n) is 4.55. The lowest BCUT2D eigenvalue weighted by Gasteiger charge is -2.23. The number of anilines is 1. The summed E-state index contributed by atoms with van der Waals surface area (Å²) in [6, 6.07) is 0.173. The van der Waals surface area contributed by atoms with Crippen LogP contribution in [0, 0.1) is 6.92 Å². The van der Waals surface area contributed by atoms with Gasteiger partial charge in [-0.05, 0) is 39.8 Å². The summed E-state index contributed by atoms with van der Waals surface area (Å²) >= 11 is 1.37. The first-order chi connectivity index (χ1) is 8.65. The number of nitrogens with zero attached hydrogens (tertiary/aromatic N) is 3. The lowest BCUT2D eigenvalue weighted by molar-refractivity contribution is 0.234. The largest absolute Gasteiger partial charge is 0.336 e. The summed E-state index contributed by atoms with van der Waals surface area (Å²) in [5, 5.41) is 14.6. The molecule has 100 valence electrons. The maximum atomic E-state index is 11.6. The van der Waals surface area contributed by atoms with Gasteiger partial charge in [0.2, 0.25) is 5.13 Å². The Kier molecular flexibility index (Phi) is 4.48. The average molecular weight is 269 g/mol. The molecule has 0 bridgehead atoms. The van der Waals surface area contributed by atoms with Crippen molar-refractivity contribution in [2.75, 3.05) is 25.0 Å². The van der Waals surface area contributed by atoms with Crippen molar-refractivity contribution < 1.29 is 4.79 Å². The van der Waals surface area contributed by atoms with Crippen molar-refractivity contribution in [3.63, 3.8) is 0 Å². The number of amides is 2. The van der Waals surface area contributed by atoms with E-state index in [1.807, 2.05) is 6.92 Å². The predicted molar refractivity (Wildman–Crippen MR) is 71.9 cm³/mol. The number of aromatic nitrogens is 2. The van der Waals surface area contributed by atoms with E-state index in [0.29, 0.717) is 17.7 Å². The molecule has 7 heteroatoms. The van der Waals surface area contributed by atoms with E-state index in [4.69, 9.17) is 0 Å². The van der Waals surface area contributed by atoms with Crippen LogP contribution >= 0.6 is 11.3 Å². The summed E-state index contributed by atoms with van der Waals surface area (Å²) in [6.07, 6.45) is 2.53. The van der Waals surface area contributed by atoms with Crippen LogP contribution in [0.1, 0.15) is 24.8 Å². The highest BCUT2D eigenvalue weighted by atomic mass is 32.1. The molecule has 1 atom stereocenters. The van der Waals surface area contributed by atoms with Gasteiger partial charge < -0.3 is 5.32 Å². The monoisotopic (exact) mass is 269 g/mol. The normalized spacial score (nSPS) is 17.7. The number of hydrogen-bond donors (Lipinski definition) is 2. The Morgan fingerprint density at radius 1 is 1.44 bits per heavy atom. The maximum absolute atomic E-state index is 11.6. The quantitative estimate of drug-likeness (QED) is 0.868. The van der Waals surface area contributed by atoms with E-state index < -0.39 is 0 Å². The minimum Gasteiger partial charge on any atom is -0.336 e. The molecule has 2 amide bonds. The summed E-state index contributed by atoms with van der Waals surface area (Å²) in [6.45, 7) is 6.93. The molecule has 18 heavy (non-hydrogen) atoms. The number of hydrogen-bond acceptors (Lipinski definition) is 5. The van der Waals surface area contributed by atoms with Gasteiger partial charge in [0.25, 0.3) is 0 Å². The number of rotatable bonds is 4. The molecule has 1 fully saturated rings. The van der Waals surface area contributed by atoms with Gasteiger partial charge in [0.05, 0.1) is 0 Å². The minimum atomic E-state index is -0.211. The summed E-state index contributed by atoms with van der Waals surface area (Å²) in [5.74, 6) is 0. The maximum Gasteiger partial charge on any atom is 0.321 e. The van der Waals surface area contributed by atoms with Crippen LogP contribution < -0.4 is 10.6 Å². The highest BCUT2D eigenvalue weighted by molar-refractivity contribution is 7.15. The van der Waals surface area contributed by atoms with Gasteiger partial charge in [0, 0.05) is 12.6 Å². The molecule has 2 N–H and O–H groups in total. The summed E-state index contributed by atoms with van der Waals surface area (Å²) in [7, 11) is 0. The Balaban J connectivity index is 1.71. The van der Waals surface area contributed by atoms with Gasteiger partial charge in [0.15, 0.2) is 0 Å². The van der Waals surface area contributed by atoms with Crippen LogP contribution in [0.15, 0.2) is 0 Å². The van der Waals surface area contributed by atoms with Crippen LogP contribution in [0.5, 0.6) is 0 Å². The van der Waals surface area contributed by atoms with Crippen molar-refractivity contribution in [2.45, 2.75) is 32.7 Å². The molecule has 0 spiro atoms. The second kappa shape index (κ2) is 6.10. The van der Waals surface area contributed by atoms with E-state index >= 15 is 0 Å². The fourth-order valence-corrected chi connectivity index (χ4v) is 2.63. The van der Waals surface area contributed by atoms with Crippen molar-refractivity contribution >= 4 is 22.5 Å². The van der Waals surface area contributed by atoms with Gasteiger partial charge in [-0.1, -0.05) is 11.3 Å². The average Bonchev–Trinajstić information content (AvgIpc) is 2.97. The van der Waals surface area contributed by atoms with Crippen LogP contribution in [0.4, 0.5) is 9.93 Å². The molecule has 0 saturated carbocycles. The van der Waals surface area contributed by atoms with Gasteiger partial charge in [-0.15, -0.1) is 10.2 Å². The van der Waals surface area contributed by atoms with Crippen molar-refractivity contribution in [1.29, 1.82) is 0 Å². The molecule has 6 nitrogen and oxygen atoms in total. The van der Waals surface area contributed by atoms with Crippen LogP contribution in [0.25, 0.3) is 0 Å². The molecule has 0 radical (unpaired) electrons. The Morgan fingerprint density at radius 2 is 2.17 bits per heavy atom. The van der Waals surface area contributed by atoms with Gasteiger partial charge in [0.1, 0.15) is 5.01 Å². The fraction of sp³-hybridized carbons (Fsp3) is 0.727. The third-order valence-corrected chi connectivity index (χ3v) is 3.82. The molecular weight excluding hydrogens is 250 g/mol. The zero-order valence-corrected chi connectivity index (χ0v) is 11.6. The smallest absolute Gasteiger partial charge is 0.321 e. The first kappa shape index (κ1) is 13.2. The highest BCUT2D eigenvalue weighted by Crippen LogP contribution is 2.13. The molecule has 2 heterocycles. The third kappa shape index (κ3) is 3.64. The summed E-state index contributed by atoms with van der Waals surface area (Å²) in [4.78, 5) is 14.0. The number of urea groups is 1. The van der Waals surface area contributed by atoms with Crippen molar-refractivity contribution in [3.05, 3.63) is 5.01 Å². The Bertz CT molecular complexity index is 402. The van der Waals surface area contributed by atoms with Crippen LogP contribution in [0.2, 0.25) is 0 Å². The van der Waals surface area contributed by atoms with E-state index in [-0.39, 0.29) is 6.03 Å². The van der Waals surface area contributed by atoms with E-state index in [0.717, 1.165) is 18.1 Å². The number of aryl methyl sites for hydroxylation is 1. The fourth-order valence-electron chi connectivity index (χ4n) is 2.04. The minimum absolute atomic E-state index is 0.211. The van der Waals surface area contributed by atoms with Gasteiger partial charge in [-0.3, -0.25) is 10.2 Å². The number of nitrogens with one attached hydrogen (secondary N) is 2. The standard InChI is InChI=1S/C11H19N5OS/c1-8(16-5-3-4-6-16)7-12-10(17)13-11-15-14-9(2)18-11/h8H,3-7H2,1-2H3,(H2,12,13,15,17). The SMILES string of the molecule is Cc1nnc(NC(=O)NCC(C)N2CCCC2)s1. The summed E-state index contributed by atoms with van der Waals surface area (Å²) in [5.41, 5.74) is 0. The topological polar surface area (TPSA) is 70.1 Å². The lowest BCUT2D eigenvalue weighted by atomic mass is 10.3. The molecule has 2 rings (SSSR count). The second-order valence-corrected chi connectivity index (χ2v) is 5.73. The molecule has 1 unspecified atom stereocenters. The van der Waals surface area contributed by atoms with Crippen molar-refractivity contribution in [2.24, 2.45) is 0 Å². The van der Waals surface area contributed by atoms with Crippen LogP contribution in [-0.2, 0) is 0 Å². The van der Waals surface area contributed by atoms with Gasteiger partial charge in [-0.2, -0.15) is 0 Å². The van der Waals surface area contributed by atoms with E-state index in [1.54, 1.807) is 0 Å². The van der Waals surface area contributed by atoms with Crippen LogP contribution in [0.3, 0.4) is 0 Å². The number of carbonyl (C=O) groups excluding carboxylic acids is 1. The highest BCUT2D eigenvalue weighted by Gasteiger charge is 2.18. The Hall–Kier alpha value is -1.21. The van der Waals surface area contributed by atoms with Crippen molar-refractivity contribution in [3.8, 4) is 0 Å².